The molecule has 2 rings (SSSR count). The molecule has 1 aliphatic heterocycles. The van der Waals surface area contributed by atoms with Crippen LogP contribution in [0.2, 0.25) is 0 Å². The molecule has 0 aliphatic carbocycles. The molecule has 96 valence electrons. The Balaban J connectivity index is 1.86. The summed E-state index contributed by atoms with van der Waals surface area (Å²) in [6, 6.07) is 9.70. The molecule has 1 aliphatic rings. The van der Waals surface area contributed by atoms with E-state index in [1.54, 1.807) is 0 Å². The zero-order chi connectivity index (χ0) is 13.0. The van der Waals surface area contributed by atoms with Crippen LogP contribution < -0.4 is 0 Å². The maximum absolute atomic E-state index is 12.1. The van der Waals surface area contributed by atoms with Crippen LogP contribution in [0, 0.1) is 5.92 Å². The number of carbonyl (C=O) groups is 2. The molecule has 1 saturated heterocycles. The summed E-state index contributed by atoms with van der Waals surface area (Å²) in [5, 5.41) is -0.273. The van der Waals surface area contributed by atoms with Gasteiger partial charge in [-0.3, -0.25) is 9.59 Å². The van der Waals surface area contributed by atoms with Crippen LogP contribution in [0.4, 0.5) is 0 Å². The number of hydrogen-bond acceptors (Lipinski definition) is 2. The summed E-state index contributed by atoms with van der Waals surface area (Å²) in [4.78, 5) is 24.9. The highest BCUT2D eigenvalue weighted by Crippen LogP contribution is 2.20. The summed E-state index contributed by atoms with van der Waals surface area (Å²) in [5.41, 5.74) is 1.03. The quantitative estimate of drug-likeness (QED) is 0.786. The van der Waals surface area contributed by atoms with E-state index >= 15 is 0 Å². The monoisotopic (exact) mass is 265 g/mol. The number of hydrogen-bond donors (Lipinski definition) is 0. The Labute approximate surface area is 112 Å². The predicted molar refractivity (Wildman–Crippen MR) is 70.3 cm³/mol. The molecule has 0 atom stereocenters. The molecule has 1 aromatic carbocycles. The Morgan fingerprint density at radius 1 is 1.17 bits per heavy atom. The number of amides is 1. The first-order valence-corrected chi connectivity index (χ1v) is 6.55. The number of carbonyl (C=O) groups excluding carboxylic acids is 2. The first kappa shape index (κ1) is 13.1. The second kappa shape index (κ2) is 6.01. The maximum Gasteiger partial charge on any atom is 0.226 e. The molecule has 0 spiro atoms. The van der Waals surface area contributed by atoms with Crippen molar-refractivity contribution in [3.63, 3.8) is 0 Å². The van der Waals surface area contributed by atoms with Gasteiger partial charge in [-0.1, -0.05) is 30.3 Å². The Bertz CT molecular complexity index is 425. The third-order valence-electron chi connectivity index (χ3n) is 3.37. The largest absolute Gasteiger partial charge is 0.342 e. The molecule has 18 heavy (non-hydrogen) atoms. The van der Waals surface area contributed by atoms with Crippen LogP contribution in [0.1, 0.15) is 18.4 Å². The molecule has 3 nitrogen and oxygen atoms in total. The van der Waals surface area contributed by atoms with Gasteiger partial charge < -0.3 is 4.90 Å². The minimum Gasteiger partial charge on any atom is -0.342 e. The van der Waals surface area contributed by atoms with E-state index in [2.05, 4.69) is 0 Å². The van der Waals surface area contributed by atoms with E-state index in [-0.39, 0.29) is 17.1 Å². The van der Waals surface area contributed by atoms with Crippen molar-refractivity contribution in [3.05, 3.63) is 35.9 Å². The van der Waals surface area contributed by atoms with Gasteiger partial charge in [0.1, 0.15) is 0 Å². The van der Waals surface area contributed by atoms with E-state index in [9.17, 15) is 9.59 Å². The average Bonchev–Trinajstić information content (AvgIpc) is 2.40. The minimum absolute atomic E-state index is 0.0764. The molecule has 0 aromatic heterocycles. The molecule has 0 N–H and O–H groups in total. The van der Waals surface area contributed by atoms with Gasteiger partial charge in [0.2, 0.25) is 11.1 Å². The number of rotatable bonds is 3. The zero-order valence-corrected chi connectivity index (χ0v) is 10.9. The molecule has 1 amide bonds. The first-order chi connectivity index (χ1) is 8.66. The fraction of sp³-hybridized carbons (Fsp3) is 0.429. The third-order valence-corrected chi connectivity index (χ3v) is 3.68. The highest BCUT2D eigenvalue weighted by molar-refractivity contribution is 6.63. The average molecular weight is 266 g/mol. The van der Waals surface area contributed by atoms with Gasteiger partial charge in [-0.25, -0.2) is 0 Å². The summed E-state index contributed by atoms with van der Waals surface area (Å²) >= 11 is 5.47. The van der Waals surface area contributed by atoms with Gasteiger partial charge in [0.05, 0.1) is 6.42 Å². The highest BCUT2D eigenvalue weighted by Gasteiger charge is 2.26. The van der Waals surface area contributed by atoms with Crippen molar-refractivity contribution in [2.75, 3.05) is 13.1 Å². The lowest BCUT2D eigenvalue weighted by atomic mass is 9.98. The molecule has 0 radical (unpaired) electrons. The van der Waals surface area contributed by atoms with E-state index in [1.807, 2.05) is 35.2 Å². The van der Waals surface area contributed by atoms with Crippen molar-refractivity contribution in [1.29, 1.82) is 0 Å². The van der Waals surface area contributed by atoms with Crippen molar-refractivity contribution < 1.29 is 9.59 Å². The number of halogens is 1. The normalized spacial score (nSPS) is 16.6. The molecule has 4 heteroatoms. The topological polar surface area (TPSA) is 37.4 Å². The summed E-state index contributed by atoms with van der Waals surface area (Å²) < 4.78 is 0. The fourth-order valence-corrected chi connectivity index (χ4v) is 2.46. The van der Waals surface area contributed by atoms with E-state index in [0.717, 1.165) is 5.56 Å². The van der Waals surface area contributed by atoms with Crippen LogP contribution in [0.15, 0.2) is 30.3 Å². The molecule has 0 bridgehead atoms. The third kappa shape index (κ3) is 3.33. The lowest BCUT2D eigenvalue weighted by molar-refractivity contribution is -0.133. The smallest absolute Gasteiger partial charge is 0.226 e. The minimum atomic E-state index is -0.273. The van der Waals surface area contributed by atoms with Crippen molar-refractivity contribution in [2.45, 2.75) is 19.3 Å². The van der Waals surface area contributed by atoms with Crippen LogP contribution in [-0.4, -0.2) is 29.1 Å². The van der Waals surface area contributed by atoms with Gasteiger partial charge in [-0.2, -0.15) is 0 Å². The van der Waals surface area contributed by atoms with E-state index in [1.165, 1.54) is 0 Å². The van der Waals surface area contributed by atoms with Crippen molar-refractivity contribution >= 4 is 22.8 Å². The van der Waals surface area contributed by atoms with E-state index in [4.69, 9.17) is 11.6 Å². The second-order valence-corrected chi connectivity index (χ2v) is 4.99. The molecular formula is C14H16ClNO2. The van der Waals surface area contributed by atoms with Gasteiger partial charge >= 0.3 is 0 Å². The Morgan fingerprint density at radius 2 is 1.78 bits per heavy atom. The SMILES string of the molecule is O=C(Cl)C1CCN(C(=O)Cc2ccccc2)CC1. The fourth-order valence-electron chi connectivity index (χ4n) is 2.24. The molecule has 1 aromatic rings. The number of piperidine rings is 1. The Morgan fingerprint density at radius 3 is 2.33 bits per heavy atom. The highest BCUT2D eigenvalue weighted by atomic mass is 35.5. The van der Waals surface area contributed by atoms with Crippen molar-refractivity contribution in [3.8, 4) is 0 Å². The first-order valence-electron chi connectivity index (χ1n) is 6.18. The summed E-state index contributed by atoms with van der Waals surface area (Å²) in [5.74, 6) is 0.0501. The van der Waals surface area contributed by atoms with Gasteiger partial charge in [-0.15, -0.1) is 0 Å². The summed E-state index contributed by atoms with van der Waals surface area (Å²) in [6.45, 7) is 1.27. The number of nitrogens with zero attached hydrogens (tertiary/aromatic N) is 1. The van der Waals surface area contributed by atoms with Crippen LogP contribution >= 0.6 is 11.6 Å². The van der Waals surface area contributed by atoms with Crippen LogP contribution in [0.3, 0.4) is 0 Å². The molecular weight excluding hydrogens is 250 g/mol. The van der Waals surface area contributed by atoms with Gasteiger partial charge in [0.15, 0.2) is 0 Å². The van der Waals surface area contributed by atoms with Crippen molar-refractivity contribution in [1.82, 2.24) is 4.90 Å². The van der Waals surface area contributed by atoms with Crippen molar-refractivity contribution in [2.24, 2.45) is 5.92 Å². The Hall–Kier alpha value is -1.35. The molecule has 0 unspecified atom stereocenters. The zero-order valence-electron chi connectivity index (χ0n) is 10.1. The molecule has 1 heterocycles. The standard InChI is InChI=1S/C14H16ClNO2/c15-14(18)12-6-8-16(9-7-12)13(17)10-11-4-2-1-3-5-11/h1-5,12H,6-10H2. The van der Waals surface area contributed by atoms with Crippen LogP contribution in [0.25, 0.3) is 0 Å². The molecule has 0 saturated carbocycles. The van der Waals surface area contributed by atoms with Gasteiger partial charge in [0, 0.05) is 19.0 Å². The number of benzene rings is 1. The van der Waals surface area contributed by atoms with Gasteiger partial charge in [0.25, 0.3) is 0 Å². The Kier molecular flexibility index (Phi) is 4.37. The lowest BCUT2D eigenvalue weighted by Gasteiger charge is -2.30. The molecule has 1 fully saturated rings. The number of likely N-dealkylation sites (tertiary alicyclic amines) is 1. The summed E-state index contributed by atoms with van der Waals surface area (Å²) in [7, 11) is 0. The maximum atomic E-state index is 12.1. The van der Waals surface area contributed by atoms with Gasteiger partial charge in [-0.05, 0) is 30.0 Å². The van der Waals surface area contributed by atoms with E-state index < -0.39 is 0 Å². The van der Waals surface area contributed by atoms with Crippen LogP contribution in [0.5, 0.6) is 0 Å². The van der Waals surface area contributed by atoms with Crippen LogP contribution in [-0.2, 0) is 16.0 Å². The lowest BCUT2D eigenvalue weighted by Crippen LogP contribution is -2.40. The second-order valence-electron chi connectivity index (χ2n) is 4.62. The van der Waals surface area contributed by atoms with E-state index in [0.29, 0.717) is 32.4 Å². The summed E-state index contributed by atoms with van der Waals surface area (Å²) in [6.07, 6.45) is 1.80. The predicted octanol–water partition coefficient (Wildman–Crippen LogP) is 2.23.